The highest BCUT2D eigenvalue weighted by molar-refractivity contribution is 9.10. The van der Waals surface area contributed by atoms with E-state index in [2.05, 4.69) is 36.7 Å². The number of nitrogens with zero attached hydrogens (tertiary/aromatic N) is 1. The molecule has 0 saturated carbocycles. The highest BCUT2D eigenvalue weighted by Gasteiger charge is 2.18. The minimum atomic E-state index is -0.894. The Hall–Kier alpha value is -1.03. The summed E-state index contributed by atoms with van der Waals surface area (Å²) in [5.41, 5.74) is 1.10. The van der Waals surface area contributed by atoms with Crippen molar-refractivity contribution in [2.24, 2.45) is 5.92 Å². The van der Waals surface area contributed by atoms with Crippen LogP contribution < -0.4 is 4.90 Å². The lowest BCUT2D eigenvalue weighted by Gasteiger charge is -2.29. The minimum absolute atomic E-state index is 0.310. The summed E-state index contributed by atoms with van der Waals surface area (Å²) < 4.78 is 0.786. The summed E-state index contributed by atoms with van der Waals surface area (Å²) in [6.45, 7) is 6.46. The van der Waals surface area contributed by atoms with Crippen LogP contribution in [-0.4, -0.2) is 24.2 Å². The molecular formula is C14H20BrNO2. The molecule has 0 aromatic heterocycles. The fourth-order valence-corrected chi connectivity index (χ4v) is 2.43. The van der Waals surface area contributed by atoms with Gasteiger partial charge in [-0.25, -0.2) is 4.79 Å². The van der Waals surface area contributed by atoms with E-state index in [0.717, 1.165) is 16.6 Å². The molecule has 1 aromatic carbocycles. The zero-order valence-electron chi connectivity index (χ0n) is 11.3. The number of hydrogen-bond acceptors (Lipinski definition) is 2. The molecule has 0 saturated heterocycles. The van der Waals surface area contributed by atoms with E-state index in [-0.39, 0.29) is 0 Å². The van der Waals surface area contributed by atoms with Crippen molar-refractivity contribution in [1.82, 2.24) is 0 Å². The molecule has 0 aliphatic carbocycles. The molecule has 0 bridgehead atoms. The maximum atomic E-state index is 11.3. The van der Waals surface area contributed by atoms with Crippen molar-refractivity contribution in [1.29, 1.82) is 0 Å². The Morgan fingerprint density at radius 3 is 2.50 bits per heavy atom. The first kappa shape index (κ1) is 15.0. The Morgan fingerprint density at radius 2 is 2.00 bits per heavy atom. The number of benzene rings is 1. The standard InChI is InChI=1S/C14H20BrNO2/c1-9(2)7-10(3)16(4)13-6-5-11(15)8-12(13)14(17)18/h5-6,8-10H,7H2,1-4H3,(H,17,18). The fourth-order valence-electron chi connectivity index (χ4n) is 2.06. The summed E-state index contributed by atoms with van der Waals surface area (Å²) in [6.07, 6.45) is 1.03. The summed E-state index contributed by atoms with van der Waals surface area (Å²) in [5, 5.41) is 9.26. The molecular weight excluding hydrogens is 294 g/mol. The van der Waals surface area contributed by atoms with Crippen LogP contribution in [0.2, 0.25) is 0 Å². The van der Waals surface area contributed by atoms with Crippen molar-refractivity contribution in [3.05, 3.63) is 28.2 Å². The van der Waals surface area contributed by atoms with Gasteiger partial charge in [-0.05, 0) is 37.5 Å². The third kappa shape index (κ3) is 3.73. The van der Waals surface area contributed by atoms with Crippen molar-refractivity contribution in [2.75, 3.05) is 11.9 Å². The van der Waals surface area contributed by atoms with Gasteiger partial charge < -0.3 is 10.0 Å². The van der Waals surface area contributed by atoms with Crippen LogP contribution >= 0.6 is 15.9 Å². The van der Waals surface area contributed by atoms with Gasteiger partial charge in [0.15, 0.2) is 0 Å². The first-order chi connectivity index (χ1) is 8.32. The van der Waals surface area contributed by atoms with E-state index < -0.39 is 5.97 Å². The number of carbonyl (C=O) groups is 1. The molecule has 18 heavy (non-hydrogen) atoms. The molecule has 1 rings (SSSR count). The van der Waals surface area contributed by atoms with Gasteiger partial charge in [0.1, 0.15) is 0 Å². The molecule has 0 fully saturated rings. The van der Waals surface area contributed by atoms with Gasteiger partial charge in [-0.1, -0.05) is 29.8 Å². The van der Waals surface area contributed by atoms with E-state index in [0.29, 0.717) is 17.5 Å². The molecule has 0 spiro atoms. The highest BCUT2D eigenvalue weighted by atomic mass is 79.9. The van der Waals surface area contributed by atoms with Gasteiger partial charge in [0.2, 0.25) is 0 Å². The number of aromatic carboxylic acids is 1. The molecule has 0 amide bonds. The van der Waals surface area contributed by atoms with Crippen LogP contribution in [0.3, 0.4) is 0 Å². The monoisotopic (exact) mass is 313 g/mol. The van der Waals surface area contributed by atoms with Crippen molar-refractivity contribution >= 4 is 27.6 Å². The summed E-state index contributed by atoms with van der Waals surface area (Å²) >= 11 is 3.31. The predicted molar refractivity (Wildman–Crippen MR) is 78.4 cm³/mol. The molecule has 3 nitrogen and oxygen atoms in total. The largest absolute Gasteiger partial charge is 0.478 e. The molecule has 4 heteroatoms. The third-order valence-corrected chi connectivity index (χ3v) is 3.54. The van der Waals surface area contributed by atoms with Gasteiger partial charge in [0.05, 0.1) is 11.3 Å². The molecule has 0 radical (unpaired) electrons. The summed E-state index contributed by atoms with van der Waals surface area (Å²) in [7, 11) is 1.95. The number of carboxylic acid groups (broad SMARTS) is 1. The van der Waals surface area contributed by atoms with Gasteiger partial charge in [-0.3, -0.25) is 0 Å². The predicted octanol–water partition coefficient (Wildman–Crippen LogP) is 4.02. The lowest BCUT2D eigenvalue weighted by atomic mass is 10.0. The second-order valence-corrected chi connectivity index (χ2v) is 5.97. The molecule has 0 aliphatic heterocycles. The number of halogens is 1. The topological polar surface area (TPSA) is 40.5 Å². The van der Waals surface area contributed by atoms with Gasteiger partial charge >= 0.3 is 5.97 Å². The van der Waals surface area contributed by atoms with Gasteiger partial charge in [-0.15, -0.1) is 0 Å². The molecule has 1 unspecified atom stereocenters. The second kappa shape index (κ2) is 6.23. The van der Waals surface area contributed by atoms with Crippen molar-refractivity contribution in [3.8, 4) is 0 Å². The number of carboxylic acids is 1. The van der Waals surface area contributed by atoms with Crippen LogP contribution in [0, 0.1) is 5.92 Å². The first-order valence-corrected chi connectivity index (χ1v) is 6.88. The molecule has 100 valence electrons. The Kier molecular flexibility index (Phi) is 5.20. The minimum Gasteiger partial charge on any atom is -0.478 e. The van der Waals surface area contributed by atoms with E-state index in [4.69, 9.17) is 0 Å². The zero-order chi connectivity index (χ0) is 13.9. The first-order valence-electron chi connectivity index (χ1n) is 6.08. The van der Waals surface area contributed by atoms with Crippen LogP contribution in [0.5, 0.6) is 0 Å². The zero-order valence-corrected chi connectivity index (χ0v) is 12.9. The van der Waals surface area contributed by atoms with Gasteiger partial charge in [0, 0.05) is 17.6 Å². The Morgan fingerprint density at radius 1 is 1.39 bits per heavy atom. The van der Waals surface area contributed by atoms with Crippen LogP contribution in [-0.2, 0) is 0 Å². The number of rotatable bonds is 5. The lowest BCUT2D eigenvalue weighted by molar-refractivity contribution is 0.0697. The van der Waals surface area contributed by atoms with Crippen molar-refractivity contribution in [3.63, 3.8) is 0 Å². The number of hydrogen-bond donors (Lipinski definition) is 1. The SMILES string of the molecule is CC(C)CC(C)N(C)c1ccc(Br)cc1C(=O)O. The van der Waals surface area contributed by atoms with Gasteiger partial charge in [-0.2, -0.15) is 0 Å². The lowest BCUT2D eigenvalue weighted by Crippen LogP contribution is -2.31. The highest BCUT2D eigenvalue weighted by Crippen LogP contribution is 2.26. The molecule has 1 aromatic rings. The molecule has 1 N–H and O–H groups in total. The average Bonchev–Trinajstić information content (AvgIpc) is 2.26. The van der Waals surface area contributed by atoms with E-state index in [1.165, 1.54) is 0 Å². The maximum Gasteiger partial charge on any atom is 0.337 e. The van der Waals surface area contributed by atoms with Crippen LogP contribution in [0.4, 0.5) is 5.69 Å². The average molecular weight is 314 g/mol. The van der Waals surface area contributed by atoms with Crippen LogP contribution in [0.1, 0.15) is 37.6 Å². The Labute approximate surface area is 117 Å². The van der Waals surface area contributed by atoms with Crippen molar-refractivity contribution in [2.45, 2.75) is 33.2 Å². The fraction of sp³-hybridized carbons (Fsp3) is 0.500. The quantitative estimate of drug-likeness (QED) is 0.892. The van der Waals surface area contributed by atoms with E-state index >= 15 is 0 Å². The molecule has 0 heterocycles. The van der Waals surface area contributed by atoms with Gasteiger partial charge in [0.25, 0.3) is 0 Å². The Balaban J connectivity index is 3.04. The molecule has 0 aliphatic rings. The van der Waals surface area contributed by atoms with E-state index in [1.54, 1.807) is 6.07 Å². The molecule has 1 atom stereocenters. The Bertz CT molecular complexity index is 432. The van der Waals surface area contributed by atoms with Crippen LogP contribution in [0.15, 0.2) is 22.7 Å². The smallest absolute Gasteiger partial charge is 0.337 e. The second-order valence-electron chi connectivity index (χ2n) is 5.06. The maximum absolute atomic E-state index is 11.3. The normalized spacial score (nSPS) is 12.6. The third-order valence-electron chi connectivity index (χ3n) is 3.04. The van der Waals surface area contributed by atoms with Crippen molar-refractivity contribution < 1.29 is 9.90 Å². The van der Waals surface area contributed by atoms with E-state index in [1.807, 2.05) is 24.1 Å². The van der Waals surface area contributed by atoms with E-state index in [9.17, 15) is 9.90 Å². The van der Waals surface area contributed by atoms with Crippen LogP contribution in [0.25, 0.3) is 0 Å². The number of anilines is 1. The summed E-state index contributed by atoms with van der Waals surface area (Å²) in [6, 6.07) is 5.69. The summed E-state index contributed by atoms with van der Waals surface area (Å²) in [5.74, 6) is -0.305. The summed E-state index contributed by atoms with van der Waals surface area (Å²) in [4.78, 5) is 13.3.